The maximum Gasteiger partial charge on any atom is 0.306 e. The van der Waals surface area contributed by atoms with Crippen LogP contribution in [0.1, 0.15) is 155 Å². The second-order valence-electron chi connectivity index (χ2n) is 11.3. The van der Waals surface area contributed by atoms with Gasteiger partial charge in [0.2, 0.25) is 0 Å². The van der Waals surface area contributed by atoms with Gasteiger partial charge in [0, 0.05) is 12.8 Å². The van der Waals surface area contributed by atoms with Crippen molar-refractivity contribution >= 4 is 11.9 Å². The molecule has 0 aromatic heterocycles. The van der Waals surface area contributed by atoms with E-state index in [1.54, 1.807) is 0 Å². The highest BCUT2D eigenvalue weighted by Crippen LogP contribution is 2.17. The summed E-state index contributed by atoms with van der Waals surface area (Å²) in [5, 5.41) is 8.78. The van der Waals surface area contributed by atoms with Gasteiger partial charge in [0.25, 0.3) is 0 Å². The normalized spacial score (nSPS) is 13.2. The topological polar surface area (TPSA) is 63.6 Å². The first-order valence-electron chi connectivity index (χ1n) is 17.4. The minimum absolute atomic E-state index is 0.0111. The summed E-state index contributed by atoms with van der Waals surface area (Å²) < 4.78 is 5.87. The number of carboxylic acid groups (broad SMARTS) is 1. The molecular formula is C39H64O4. The molecule has 1 N–H and O–H groups in total. The van der Waals surface area contributed by atoms with E-state index in [1.165, 1.54) is 25.7 Å². The molecule has 43 heavy (non-hydrogen) atoms. The van der Waals surface area contributed by atoms with E-state index in [1.807, 2.05) is 0 Å². The Hall–Kier alpha value is -2.62. The fraction of sp³-hybridized carbons (Fsp3) is 0.641. The molecule has 0 rings (SSSR count). The summed E-state index contributed by atoms with van der Waals surface area (Å²) in [5.74, 6) is -0.785. The molecule has 0 saturated heterocycles. The number of rotatable bonds is 30. The molecule has 0 saturated carbocycles. The van der Waals surface area contributed by atoms with Gasteiger partial charge < -0.3 is 9.84 Å². The number of carboxylic acids is 1. The minimum atomic E-state index is -0.722. The van der Waals surface area contributed by atoms with E-state index < -0.39 is 5.97 Å². The first kappa shape index (κ1) is 40.4. The predicted molar refractivity (Wildman–Crippen MR) is 185 cm³/mol. The fourth-order valence-corrected chi connectivity index (χ4v) is 4.66. The van der Waals surface area contributed by atoms with Gasteiger partial charge in [0.05, 0.1) is 0 Å². The molecule has 0 aromatic carbocycles. The van der Waals surface area contributed by atoms with Crippen LogP contribution in [0.15, 0.2) is 72.9 Å². The molecule has 0 aromatic rings. The second kappa shape index (κ2) is 33.9. The Balaban J connectivity index is 3.96. The first-order chi connectivity index (χ1) is 21.1. The second-order valence-corrected chi connectivity index (χ2v) is 11.3. The van der Waals surface area contributed by atoms with Gasteiger partial charge in [-0.05, 0) is 89.9 Å². The summed E-state index contributed by atoms with van der Waals surface area (Å²) in [6, 6.07) is 0. The van der Waals surface area contributed by atoms with E-state index in [9.17, 15) is 9.59 Å². The molecule has 0 radical (unpaired) electrons. The predicted octanol–water partition coefficient (Wildman–Crippen LogP) is 11.9. The first-order valence-corrected chi connectivity index (χ1v) is 17.4. The Morgan fingerprint density at radius 3 is 1.47 bits per heavy atom. The summed E-state index contributed by atoms with van der Waals surface area (Å²) in [4.78, 5) is 23.1. The van der Waals surface area contributed by atoms with E-state index in [4.69, 9.17) is 9.84 Å². The van der Waals surface area contributed by atoms with Crippen LogP contribution in [-0.4, -0.2) is 23.1 Å². The van der Waals surface area contributed by atoms with Gasteiger partial charge in [-0.3, -0.25) is 9.59 Å². The summed E-state index contributed by atoms with van der Waals surface area (Å²) in [6.45, 7) is 4.38. The van der Waals surface area contributed by atoms with Gasteiger partial charge in [0.1, 0.15) is 6.10 Å². The van der Waals surface area contributed by atoms with Crippen LogP contribution in [0.2, 0.25) is 0 Å². The summed E-state index contributed by atoms with van der Waals surface area (Å²) in [7, 11) is 0. The molecule has 0 spiro atoms. The van der Waals surface area contributed by atoms with Crippen molar-refractivity contribution in [2.75, 3.05) is 0 Å². The molecule has 0 amide bonds. The zero-order valence-corrected chi connectivity index (χ0v) is 27.7. The van der Waals surface area contributed by atoms with E-state index in [-0.39, 0.29) is 18.5 Å². The van der Waals surface area contributed by atoms with Crippen LogP contribution in [-0.2, 0) is 14.3 Å². The molecule has 0 heterocycles. The van der Waals surface area contributed by atoms with Gasteiger partial charge >= 0.3 is 11.9 Å². The molecular weight excluding hydrogens is 532 g/mol. The zero-order chi connectivity index (χ0) is 31.5. The highest BCUT2D eigenvalue weighted by molar-refractivity contribution is 5.69. The molecule has 0 aliphatic rings. The Bertz CT molecular complexity index is 815. The van der Waals surface area contributed by atoms with Crippen LogP contribution >= 0.6 is 0 Å². The van der Waals surface area contributed by atoms with Crippen molar-refractivity contribution < 1.29 is 19.4 Å². The fourth-order valence-electron chi connectivity index (χ4n) is 4.66. The highest BCUT2D eigenvalue weighted by Gasteiger charge is 2.14. The molecule has 1 unspecified atom stereocenters. The van der Waals surface area contributed by atoms with Crippen molar-refractivity contribution in [3.63, 3.8) is 0 Å². The molecule has 0 aliphatic carbocycles. The Morgan fingerprint density at radius 2 is 0.977 bits per heavy atom. The molecule has 4 nitrogen and oxygen atoms in total. The standard InChI is InChI=1S/C39H64O4/c1-3-5-7-9-10-11-12-13-14-15-16-17-18-19-20-21-22-23-24-26-32-36-39(42)43-37(33-29-25-8-6-4-2)34-30-27-28-31-35-38(40)41/h5,7,10-11,13-14,16-17,19-20,22-23,37H,3-4,6,8-9,12,15,18,21,24-36H2,1-2H3,(H,40,41)/b7-5-,11-10-,14-13-,17-16-,20-19-,23-22-. The molecule has 0 aliphatic heterocycles. The number of carbonyl (C=O) groups excluding carboxylic acids is 1. The van der Waals surface area contributed by atoms with Crippen LogP contribution in [0.4, 0.5) is 0 Å². The third-order valence-corrected chi connectivity index (χ3v) is 7.19. The van der Waals surface area contributed by atoms with E-state index in [2.05, 4.69) is 86.8 Å². The van der Waals surface area contributed by atoms with Crippen molar-refractivity contribution in [3.8, 4) is 0 Å². The third kappa shape index (κ3) is 33.7. The monoisotopic (exact) mass is 596 g/mol. The third-order valence-electron chi connectivity index (χ3n) is 7.19. The lowest BCUT2D eigenvalue weighted by Gasteiger charge is -2.18. The number of allylic oxidation sites excluding steroid dienone is 12. The smallest absolute Gasteiger partial charge is 0.306 e. The largest absolute Gasteiger partial charge is 0.481 e. The van der Waals surface area contributed by atoms with Crippen molar-refractivity contribution in [3.05, 3.63) is 72.9 Å². The zero-order valence-electron chi connectivity index (χ0n) is 27.7. The Kier molecular flexibility index (Phi) is 31.8. The summed E-state index contributed by atoms with van der Waals surface area (Å²) in [5.41, 5.74) is 0. The van der Waals surface area contributed by atoms with Gasteiger partial charge in [-0.15, -0.1) is 0 Å². The maximum absolute atomic E-state index is 12.5. The van der Waals surface area contributed by atoms with E-state index in [0.29, 0.717) is 6.42 Å². The van der Waals surface area contributed by atoms with Crippen molar-refractivity contribution in [1.29, 1.82) is 0 Å². The number of aliphatic carboxylic acids is 1. The van der Waals surface area contributed by atoms with Crippen molar-refractivity contribution in [2.24, 2.45) is 0 Å². The van der Waals surface area contributed by atoms with Crippen LogP contribution < -0.4 is 0 Å². The van der Waals surface area contributed by atoms with Gasteiger partial charge in [-0.2, -0.15) is 0 Å². The van der Waals surface area contributed by atoms with Crippen LogP contribution in [0.3, 0.4) is 0 Å². The highest BCUT2D eigenvalue weighted by atomic mass is 16.5. The van der Waals surface area contributed by atoms with E-state index >= 15 is 0 Å². The van der Waals surface area contributed by atoms with Crippen molar-refractivity contribution in [2.45, 2.75) is 161 Å². The quantitative estimate of drug-likeness (QED) is 0.0509. The number of esters is 1. The average Bonchev–Trinajstić information content (AvgIpc) is 2.99. The average molecular weight is 597 g/mol. The van der Waals surface area contributed by atoms with Gasteiger partial charge in [-0.1, -0.05) is 125 Å². The molecule has 244 valence electrons. The molecule has 0 fully saturated rings. The Labute approximate surface area is 265 Å². The molecule has 0 bridgehead atoms. The van der Waals surface area contributed by atoms with Crippen LogP contribution in [0.25, 0.3) is 0 Å². The summed E-state index contributed by atoms with van der Waals surface area (Å²) in [6.07, 6.45) is 47.8. The summed E-state index contributed by atoms with van der Waals surface area (Å²) >= 11 is 0. The lowest BCUT2D eigenvalue weighted by Crippen LogP contribution is -2.18. The SMILES string of the molecule is CC/C=C\C/C=C\C/C=C\C/C=C\C/C=C\C/C=C\CCCCC(=O)OC(CCCCCCC)CCCCCCC(=O)O. The minimum Gasteiger partial charge on any atom is -0.481 e. The maximum atomic E-state index is 12.5. The molecule has 4 heteroatoms. The number of hydrogen-bond donors (Lipinski definition) is 1. The van der Waals surface area contributed by atoms with Gasteiger partial charge in [0.15, 0.2) is 0 Å². The lowest BCUT2D eigenvalue weighted by molar-refractivity contribution is -0.150. The van der Waals surface area contributed by atoms with E-state index in [0.717, 1.165) is 103 Å². The number of carbonyl (C=O) groups is 2. The number of hydrogen-bond acceptors (Lipinski definition) is 3. The Morgan fingerprint density at radius 1 is 0.535 bits per heavy atom. The molecule has 1 atom stereocenters. The van der Waals surface area contributed by atoms with Crippen LogP contribution in [0, 0.1) is 0 Å². The van der Waals surface area contributed by atoms with Gasteiger partial charge in [-0.25, -0.2) is 0 Å². The number of ether oxygens (including phenoxy) is 1. The van der Waals surface area contributed by atoms with Crippen molar-refractivity contribution in [1.82, 2.24) is 0 Å². The number of unbranched alkanes of at least 4 members (excludes halogenated alkanes) is 9. The lowest BCUT2D eigenvalue weighted by atomic mass is 10.0. The van der Waals surface area contributed by atoms with Crippen LogP contribution in [0.5, 0.6) is 0 Å².